The standard InChI is InChI=1S/C17H22N4O3/c1-12-5-6-13(11-14(12)16-18-7-10-24-16)19-15(22)17(23)21(4)9-8-20(2)3/h5-7,10-11H,8-9H2,1-4H3,(H,19,22). The van der Waals surface area contributed by atoms with Crippen LogP contribution in [0.2, 0.25) is 0 Å². The second-order valence-corrected chi connectivity index (χ2v) is 5.85. The van der Waals surface area contributed by atoms with Crippen LogP contribution in [0.1, 0.15) is 5.56 Å². The van der Waals surface area contributed by atoms with Gasteiger partial charge in [0.2, 0.25) is 5.89 Å². The van der Waals surface area contributed by atoms with Gasteiger partial charge in [-0.2, -0.15) is 0 Å². The molecule has 0 bridgehead atoms. The van der Waals surface area contributed by atoms with Gasteiger partial charge in [-0.25, -0.2) is 4.98 Å². The van der Waals surface area contributed by atoms with Gasteiger partial charge in [0.1, 0.15) is 6.26 Å². The van der Waals surface area contributed by atoms with Crippen molar-refractivity contribution in [3.63, 3.8) is 0 Å². The van der Waals surface area contributed by atoms with Crippen molar-refractivity contribution in [3.8, 4) is 11.5 Å². The van der Waals surface area contributed by atoms with Crippen molar-refractivity contribution in [3.05, 3.63) is 36.2 Å². The van der Waals surface area contributed by atoms with Gasteiger partial charge < -0.3 is 19.5 Å². The molecule has 2 amide bonds. The number of oxazole rings is 1. The average Bonchev–Trinajstić information content (AvgIpc) is 3.07. The van der Waals surface area contributed by atoms with Crippen LogP contribution in [0.3, 0.4) is 0 Å². The summed E-state index contributed by atoms with van der Waals surface area (Å²) in [5.74, 6) is -0.772. The Balaban J connectivity index is 2.06. The number of aromatic nitrogens is 1. The summed E-state index contributed by atoms with van der Waals surface area (Å²) in [5, 5.41) is 2.63. The number of hydrogen-bond donors (Lipinski definition) is 1. The van der Waals surface area contributed by atoms with Gasteiger partial charge in [0.25, 0.3) is 0 Å². The van der Waals surface area contributed by atoms with Crippen LogP contribution >= 0.6 is 0 Å². The molecule has 7 nitrogen and oxygen atoms in total. The Labute approximate surface area is 141 Å². The molecule has 2 aromatic rings. The Hall–Kier alpha value is -2.67. The van der Waals surface area contributed by atoms with Gasteiger partial charge in [0, 0.05) is 31.4 Å². The van der Waals surface area contributed by atoms with Gasteiger partial charge in [0.15, 0.2) is 0 Å². The third-order valence-corrected chi connectivity index (χ3v) is 3.58. The van der Waals surface area contributed by atoms with Crippen molar-refractivity contribution in [2.75, 3.05) is 39.5 Å². The van der Waals surface area contributed by atoms with Crippen LogP contribution < -0.4 is 5.32 Å². The molecule has 0 aliphatic rings. The monoisotopic (exact) mass is 330 g/mol. The molecule has 1 aromatic heterocycles. The number of anilines is 1. The molecule has 0 spiro atoms. The highest BCUT2D eigenvalue weighted by atomic mass is 16.3. The molecule has 0 saturated heterocycles. The zero-order valence-corrected chi connectivity index (χ0v) is 14.4. The molecule has 0 saturated carbocycles. The number of amides is 2. The first kappa shape index (κ1) is 17.7. The van der Waals surface area contributed by atoms with E-state index in [1.807, 2.05) is 32.0 Å². The summed E-state index contributed by atoms with van der Waals surface area (Å²) >= 11 is 0. The van der Waals surface area contributed by atoms with Crippen molar-refractivity contribution in [1.29, 1.82) is 0 Å². The van der Waals surface area contributed by atoms with E-state index >= 15 is 0 Å². The fraction of sp³-hybridized carbons (Fsp3) is 0.353. The number of hydrogen-bond acceptors (Lipinski definition) is 5. The zero-order chi connectivity index (χ0) is 17.7. The highest BCUT2D eigenvalue weighted by molar-refractivity contribution is 6.39. The number of carbonyl (C=O) groups is 2. The van der Waals surface area contributed by atoms with Gasteiger partial charge in [-0.1, -0.05) is 6.07 Å². The molecule has 128 valence electrons. The third kappa shape index (κ3) is 4.42. The van der Waals surface area contributed by atoms with Crippen LogP contribution in [0.5, 0.6) is 0 Å². The third-order valence-electron chi connectivity index (χ3n) is 3.58. The van der Waals surface area contributed by atoms with E-state index in [-0.39, 0.29) is 0 Å². The lowest BCUT2D eigenvalue weighted by Crippen LogP contribution is -2.40. The molecule has 1 heterocycles. The van der Waals surface area contributed by atoms with E-state index in [1.54, 1.807) is 25.4 Å². The summed E-state index contributed by atoms with van der Waals surface area (Å²) in [7, 11) is 5.43. The molecule has 7 heteroatoms. The fourth-order valence-electron chi connectivity index (χ4n) is 2.10. The first-order valence-electron chi connectivity index (χ1n) is 7.60. The van der Waals surface area contributed by atoms with Crippen LogP contribution in [0, 0.1) is 6.92 Å². The highest BCUT2D eigenvalue weighted by Crippen LogP contribution is 2.25. The van der Waals surface area contributed by atoms with E-state index in [1.165, 1.54) is 11.2 Å². The maximum absolute atomic E-state index is 12.1. The smallest absolute Gasteiger partial charge is 0.313 e. The minimum absolute atomic E-state index is 0.470. The SMILES string of the molecule is Cc1ccc(NC(=O)C(=O)N(C)CCN(C)C)cc1-c1ncco1. The molecule has 0 aliphatic heterocycles. The van der Waals surface area contributed by atoms with Gasteiger partial charge >= 0.3 is 11.8 Å². The molecular weight excluding hydrogens is 308 g/mol. The van der Waals surface area contributed by atoms with Gasteiger partial charge in [-0.05, 0) is 38.7 Å². The molecule has 0 aliphatic carbocycles. The topological polar surface area (TPSA) is 78.7 Å². The minimum Gasteiger partial charge on any atom is -0.445 e. The first-order chi connectivity index (χ1) is 11.4. The predicted octanol–water partition coefficient (Wildman–Crippen LogP) is 1.61. The van der Waals surface area contributed by atoms with E-state index in [2.05, 4.69) is 10.3 Å². The van der Waals surface area contributed by atoms with E-state index < -0.39 is 11.8 Å². The average molecular weight is 330 g/mol. The molecule has 1 N–H and O–H groups in total. The minimum atomic E-state index is -0.668. The Kier molecular flexibility index (Phi) is 5.70. The predicted molar refractivity (Wildman–Crippen MR) is 91.5 cm³/mol. The lowest BCUT2D eigenvalue weighted by atomic mass is 10.1. The summed E-state index contributed by atoms with van der Waals surface area (Å²) in [5.41, 5.74) is 2.25. The maximum atomic E-state index is 12.1. The Morgan fingerprint density at radius 2 is 1.96 bits per heavy atom. The summed E-state index contributed by atoms with van der Waals surface area (Å²) in [4.78, 5) is 31.7. The van der Waals surface area contributed by atoms with Crippen molar-refractivity contribution in [1.82, 2.24) is 14.8 Å². The van der Waals surface area contributed by atoms with E-state index in [9.17, 15) is 9.59 Å². The lowest BCUT2D eigenvalue weighted by Gasteiger charge is -2.19. The molecule has 0 unspecified atom stereocenters. The Morgan fingerprint density at radius 1 is 1.21 bits per heavy atom. The molecular formula is C17H22N4O3. The van der Waals surface area contributed by atoms with E-state index in [4.69, 9.17) is 4.42 Å². The van der Waals surface area contributed by atoms with Gasteiger partial charge in [-0.3, -0.25) is 9.59 Å². The fourth-order valence-corrected chi connectivity index (χ4v) is 2.10. The second-order valence-electron chi connectivity index (χ2n) is 5.85. The molecule has 0 atom stereocenters. The Bertz CT molecular complexity index is 711. The molecule has 2 rings (SSSR count). The van der Waals surface area contributed by atoms with Crippen LogP contribution in [0.25, 0.3) is 11.5 Å². The summed E-state index contributed by atoms with van der Waals surface area (Å²) in [6.07, 6.45) is 3.05. The molecule has 24 heavy (non-hydrogen) atoms. The van der Waals surface area contributed by atoms with Crippen molar-refractivity contribution in [2.24, 2.45) is 0 Å². The van der Waals surface area contributed by atoms with Crippen LogP contribution in [0.4, 0.5) is 5.69 Å². The Morgan fingerprint density at radius 3 is 2.58 bits per heavy atom. The van der Waals surface area contributed by atoms with Crippen molar-refractivity contribution >= 4 is 17.5 Å². The first-order valence-corrected chi connectivity index (χ1v) is 7.60. The van der Waals surface area contributed by atoms with Crippen LogP contribution in [0.15, 0.2) is 35.1 Å². The largest absolute Gasteiger partial charge is 0.445 e. The quantitative estimate of drug-likeness (QED) is 0.843. The van der Waals surface area contributed by atoms with Crippen LogP contribution in [-0.2, 0) is 9.59 Å². The van der Waals surface area contributed by atoms with Gasteiger partial charge in [-0.15, -0.1) is 0 Å². The number of benzene rings is 1. The second kappa shape index (κ2) is 7.74. The number of rotatable bonds is 5. The molecule has 0 fully saturated rings. The van der Waals surface area contributed by atoms with Crippen LogP contribution in [-0.4, -0.2) is 60.8 Å². The number of carbonyl (C=O) groups excluding carboxylic acids is 2. The maximum Gasteiger partial charge on any atom is 0.313 e. The van der Waals surface area contributed by atoms with Crippen molar-refractivity contribution < 1.29 is 14.0 Å². The summed E-state index contributed by atoms with van der Waals surface area (Å²) < 4.78 is 5.30. The number of aryl methyl sites for hydroxylation is 1. The lowest BCUT2D eigenvalue weighted by molar-refractivity contribution is -0.142. The normalized spacial score (nSPS) is 10.7. The highest BCUT2D eigenvalue weighted by Gasteiger charge is 2.19. The van der Waals surface area contributed by atoms with E-state index in [0.717, 1.165) is 11.1 Å². The number of likely N-dealkylation sites (N-methyl/N-ethyl adjacent to an activating group) is 2. The molecule has 0 radical (unpaired) electrons. The number of nitrogens with zero attached hydrogens (tertiary/aromatic N) is 3. The zero-order valence-electron chi connectivity index (χ0n) is 14.4. The van der Waals surface area contributed by atoms with Gasteiger partial charge in [0.05, 0.1) is 6.20 Å². The van der Waals surface area contributed by atoms with E-state index in [0.29, 0.717) is 24.7 Å². The molecule has 1 aromatic carbocycles. The summed E-state index contributed by atoms with van der Waals surface area (Å²) in [6.45, 7) is 3.09. The van der Waals surface area contributed by atoms with Crippen molar-refractivity contribution in [2.45, 2.75) is 6.92 Å². The number of nitrogens with one attached hydrogen (secondary N) is 1. The summed E-state index contributed by atoms with van der Waals surface area (Å²) in [6, 6.07) is 5.33.